The van der Waals surface area contributed by atoms with Crippen LogP contribution in [0.4, 0.5) is 13.2 Å². The maximum Gasteiger partial charge on any atom is 0.573 e. The lowest BCUT2D eigenvalue weighted by atomic mass is 10.1. The molecule has 25 heavy (non-hydrogen) atoms. The molecule has 2 aromatic carbocycles. The zero-order valence-corrected chi connectivity index (χ0v) is 12.7. The number of hydrogen-bond acceptors (Lipinski definition) is 6. The highest BCUT2D eigenvalue weighted by Crippen LogP contribution is 2.27. The van der Waals surface area contributed by atoms with Gasteiger partial charge < -0.3 is 20.6 Å². The van der Waals surface area contributed by atoms with Crippen molar-refractivity contribution in [1.82, 2.24) is 5.43 Å². The largest absolute Gasteiger partial charge is 0.573 e. The number of nitrogens with two attached hydrogens (primary N) is 2. The first-order valence-corrected chi connectivity index (χ1v) is 6.88. The first kappa shape index (κ1) is 18.1. The van der Waals surface area contributed by atoms with Gasteiger partial charge in [-0.15, -0.1) is 13.2 Å². The van der Waals surface area contributed by atoms with E-state index in [1.807, 2.05) is 0 Å². The molecule has 132 valence electrons. The number of aldehydes is 1. The van der Waals surface area contributed by atoms with Gasteiger partial charge in [-0.05, 0) is 35.4 Å². The van der Waals surface area contributed by atoms with Gasteiger partial charge >= 0.3 is 6.36 Å². The quantitative estimate of drug-likeness (QED) is 0.242. The second kappa shape index (κ2) is 7.58. The van der Waals surface area contributed by atoms with E-state index in [1.165, 1.54) is 24.3 Å². The van der Waals surface area contributed by atoms with Gasteiger partial charge in [0.05, 0.1) is 0 Å². The molecule has 0 amide bonds. The number of ether oxygens (including phenoxy) is 2. The molecular formula is C16H14F3N3O3. The highest BCUT2D eigenvalue weighted by Gasteiger charge is 2.30. The molecule has 0 aliphatic rings. The maximum absolute atomic E-state index is 12.1. The molecule has 0 unspecified atom stereocenters. The zero-order chi connectivity index (χ0) is 18.4. The van der Waals surface area contributed by atoms with Gasteiger partial charge in [-0.25, -0.2) is 0 Å². The fourth-order valence-corrected chi connectivity index (χ4v) is 1.91. The lowest BCUT2D eigenvalue weighted by Gasteiger charge is -2.10. The first-order chi connectivity index (χ1) is 11.8. The summed E-state index contributed by atoms with van der Waals surface area (Å²) in [4.78, 5) is 10.7. The van der Waals surface area contributed by atoms with E-state index in [1.54, 1.807) is 24.3 Å². The van der Waals surface area contributed by atoms with E-state index in [0.717, 1.165) is 5.56 Å². The van der Waals surface area contributed by atoms with Crippen LogP contribution in [0.25, 0.3) is 11.1 Å². The molecule has 0 saturated heterocycles. The number of rotatable bonds is 6. The van der Waals surface area contributed by atoms with Crippen LogP contribution in [0, 0.1) is 0 Å². The average Bonchev–Trinajstić information content (AvgIpc) is 2.56. The van der Waals surface area contributed by atoms with Crippen molar-refractivity contribution in [3.8, 4) is 22.6 Å². The van der Waals surface area contributed by atoms with Gasteiger partial charge in [-0.1, -0.05) is 24.3 Å². The Morgan fingerprint density at radius 3 is 1.84 bits per heavy atom. The van der Waals surface area contributed by atoms with E-state index in [4.69, 9.17) is 16.3 Å². The molecule has 0 aliphatic carbocycles. The van der Waals surface area contributed by atoms with Gasteiger partial charge in [-0.3, -0.25) is 10.6 Å². The highest BCUT2D eigenvalue weighted by atomic mass is 19.4. The van der Waals surface area contributed by atoms with E-state index >= 15 is 0 Å². The number of hydrazine groups is 1. The van der Waals surface area contributed by atoms with Crippen LogP contribution in [-0.2, 0) is 4.79 Å². The second-order valence-electron chi connectivity index (χ2n) is 4.74. The van der Waals surface area contributed by atoms with Crippen molar-refractivity contribution in [2.75, 3.05) is 0 Å². The number of hydrogen-bond donors (Lipinski definition) is 3. The minimum absolute atomic E-state index is 0.107. The standard InChI is InChI=1S/C16H14F3N3O3/c17-16(18,19)25-13-7-3-11(4-8-13)10-1-5-12(6-2-10)24-15(20)14(9-23)22-21/h1-9,22H,20-21H2/b15-14+. The Bertz CT molecular complexity index is 757. The molecular weight excluding hydrogens is 339 g/mol. The molecule has 9 heteroatoms. The van der Waals surface area contributed by atoms with Crippen LogP contribution in [0.1, 0.15) is 0 Å². The van der Waals surface area contributed by atoms with Crippen molar-refractivity contribution in [3.05, 3.63) is 60.1 Å². The van der Waals surface area contributed by atoms with Crippen molar-refractivity contribution >= 4 is 6.29 Å². The summed E-state index contributed by atoms with van der Waals surface area (Å²) in [5, 5.41) is 0. The first-order valence-electron chi connectivity index (χ1n) is 6.88. The third-order valence-electron chi connectivity index (χ3n) is 3.04. The van der Waals surface area contributed by atoms with E-state index in [2.05, 4.69) is 10.2 Å². The molecule has 6 nitrogen and oxygen atoms in total. The van der Waals surface area contributed by atoms with E-state index < -0.39 is 6.36 Å². The van der Waals surface area contributed by atoms with Gasteiger partial charge in [0.1, 0.15) is 17.2 Å². The van der Waals surface area contributed by atoms with Crippen molar-refractivity contribution in [2.24, 2.45) is 11.6 Å². The smallest absolute Gasteiger partial charge is 0.439 e. The molecule has 0 spiro atoms. The van der Waals surface area contributed by atoms with Crippen LogP contribution in [0.2, 0.25) is 0 Å². The number of alkyl halides is 3. The average molecular weight is 353 g/mol. The minimum Gasteiger partial charge on any atom is -0.439 e. The fraction of sp³-hybridized carbons (Fsp3) is 0.0625. The second-order valence-corrected chi connectivity index (χ2v) is 4.74. The molecule has 0 fully saturated rings. The van der Waals surface area contributed by atoms with Gasteiger partial charge in [0.2, 0.25) is 5.88 Å². The van der Waals surface area contributed by atoms with Gasteiger partial charge in [0.25, 0.3) is 0 Å². The third-order valence-corrected chi connectivity index (χ3v) is 3.04. The summed E-state index contributed by atoms with van der Waals surface area (Å²) >= 11 is 0. The molecule has 0 saturated carbocycles. The van der Waals surface area contributed by atoms with Crippen molar-refractivity contribution in [1.29, 1.82) is 0 Å². The Morgan fingerprint density at radius 2 is 1.44 bits per heavy atom. The maximum atomic E-state index is 12.1. The fourth-order valence-electron chi connectivity index (χ4n) is 1.91. The summed E-state index contributed by atoms with van der Waals surface area (Å²) in [7, 11) is 0. The van der Waals surface area contributed by atoms with Crippen LogP contribution >= 0.6 is 0 Å². The molecule has 2 rings (SSSR count). The van der Waals surface area contributed by atoms with E-state index in [9.17, 15) is 18.0 Å². The van der Waals surface area contributed by atoms with E-state index in [0.29, 0.717) is 17.6 Å². The van der Waals surface area contributed by atoms with Crippen molar-refractivity contribution in [2.45, 2.75) is 6.36 Å². The van der Waals surface area contributed by atoms with Crippen molar-refractivity contribution in [3.63, 3.8) is 0 Å². The van der Waals surface area contributed by atoms with Crippen LogP contribution in [0.15, 0.2) is 60.1 Å². The Morgan fingerprint density at radius 1 is 0.960 bits per heavy atom. The topological polar surface area (TPSA) is 99.6 Å². The highest BCUT2D eigenvalue weighted by molar-refractivity contribution is 5.72. The summed E-state index contributed by atoms with van der Waals surface area (Å²) in [5.41, 5.74) is 8.98. The SMILES string of the molecule is NN/C(C=O)=C(\N)Oc1ccc(-c2ccc(OC(F)(F)F)cc2)cc1. The monoisotopic (exact) mass is 353 g/mol. The molecule has 0 bridgehead atoms. The minimum atomic E-state index is -4.73. The number of allylic oxidation sites excluding steroid dienone is 1. The Hall–Kier alpha value is -3.20. The lowest BCUT2D eigenvalue weighted by Crippen LogP contribution is -2.27. The number of carbonyl (C=O) groups excluding carboxylic acids is 1. The van der Waals surface area contributed by atoms with Gasteiger partial charge in [0.15, 0.2) is 6.29 Å². The zero-order valence-electron chi connectivity index (χ0n) is 12.7. The summed E-state index contributed by atoms with van der Waals surface area (Å²) in [6, 6.07) is 12.0. The predicted molar refractivity (Wildman–Crippen MR) is 83.8 cm³/mol. The van der Waals surface area contributed by atoms with Gasteiger partial charge in [-0.2, -0.15) is 0 Å². The lowest BCUT2D eigenvalue weighted by molar-refractivity contribution is -0.274. The van der Waals surface area contributed by atoms with Crippen molar-refractivity contribution < 1.29 is 27.4 Å². The van der Waals surface area contributed by atoms with Crippen LogP contribution < -0.4 is 26.5 Å². The number of nitrogens with one attached hydrogen (secondary N) is 1. The summed E-state index contributed by atoms with van der Waals surface area (Å²) in [6.07, 6.45) is -4.32. The normalized spacial score (nSPS) is 12.2. The molecule has 2 aromatic rings. The number of benzene rings is 2. The summed E-state index contributed by atoms with van der Waals surface area (Å²) < 4.78 is 45.5. The summed E-state index contributed by atoms with van der Waals surface area (Å²) in [6.45, 7) is 0. The Balaban J connectivity index is 2.12. The third kappa shape index (κ3) is 5.15. The van der Waals surface area contributed by atoms with E-state index in [-0.39, 0.29) is 17.3 Å². The molecule has 0 radical (unpaired) electrons. The Labute approximate surface area is 140 Å². The Kier molecular flexibility index (Phi) is 5.50. The van der Waals surface area contributed by atoms with Crippen LogP contribution in [-0.4, -0.2) is 12.6 Å². The number of carbonyl (C=O) groups is 1. The predicted octanol–water partition coefficient (Wildman–Crippen LogP) is 2.42. The van der Waals surface area contributed by atoms with Crippen LogP contribution in [0.5, 0.6) is 11.5 Å². The number of halogens is 3. The van der Waals surface area contributed by atoms with Crippen LogP contribution in [0.3, 0.4) is 0 Å². The molecule has 0 aliphatic heterocycles. The van der Waals surface area contributed by atoms with Gasteiger partial charge in [0, 0.05) is 0 Å². The molecule has 0 atom stereocenters. The molecule has 5 N–H and O–H groups in total. The molecule has 0 heterocycles. The molecule has 0 aromatic heterocycles. The summed E-state index contributed by atoms with van der Waals surface area (Å²) in [5.74, 6) is 4.97.